The quantitative estimate of drug-likeness (QED) is 0.710. The highest BCUT2D eigenvalue weighted by Crippen LogP contribution is 2.32. The Morgan fingerprint density at radius 2 is 1.80 bits per heavy atom. The van der Waals surface area contributed by atoms with E-state index in [9.17, 15) is 18.3 Å². The maximum atomic E-state index is 12.8. The van der Waals surface area contributed by atoms with Crippen molar-refractivity contribution in [3.05, 3.63) is 64.4 Å². The molecule has 0 saturated heterocycles. The third-order valence-corrected chi connectivity index (χ3v) is 6.47. The number of nitrogens with zero attached hydrogens (tertiary/aromatic N) is 1. The topological polar surface area (TPSA) is 76.4 Å². The second kappa shape index (κ2) is 6.57. The monoisotopic (exact) mass is 375 g/mol. The zero-order valence-electron chi connectivity index (χ0n) is 13.8. The number of aromatic hydroxyl groups is 1. The van der Waals surface area contributed by atoms with Crippen LogP contribution in [0.3, 0.4) is 0 Å². The van der Waals surface area contributed by atoms with Crippen LogP contribution in [0.5, 0.6) is 5.75 Å². The minimum Gasteiger partial charge on any atom is -0.506 e. The van der Waals surface area contributed by atoms with Gasteiger partial charge in [-0.05, 0) is 30.0 Å². The zero-order chi connectivity index (χ0) is 18.2. The lowest BCUT2D eigenvalue weighted by Gasteiger charge is -2.13. The standard InChI is InChI=1S/C18H17NO4S2/c1-19-15-9-8-13(24-2)10-14(15)16(20)17(18(19)21)25(22,23)11-12-6-4-3-5-7-12/h3-10,20H,11H2,1-2H3. The number of benzene rings is 2. The Kier molecular flexibility index (Phi) is 4.62. The van der Waals surface area contributed by atoms with Crippen LogP contribution >= 0.6 is 11.8 Å². The van der Waals surface area contributed by atoms with Gasteiger partial charge in [-0.25, -0.2) is 8.42 Å². The van der Waals surface area contributed by atoms with Gasteiger partial charge in [0.05, 0.1) is 11.3 Å². The minimum atomic E-state index is -4.00. The molecule has 3 aromatic rings. The van der Waals surface area contributed by atoms with Crippen LogP contribution in [0.4, 0.5) is 0 Å². The molecular weight excluding hydrogens is 358 g/mol. The summed E-state index contributed by atoms with van der Waals surface area (Å²) >= 11 is 1.47. The van der Waals surface area contributed by atoms with Gasteiger partial charge in [0.1, 0.15) is 5.75 Å². The van der Waals surface area contributed by atoms with E-state index in [1.807, 2.05) is 12.3 Å². The number of rotatable bonds is 4. The Bertz CT molecular complexity index is 1100. The van der Waals surface area contributed by atoms with Crippen molar-refractivity contribution >= 4 is 32.5 Å². The summed E-state index contributed by atoms with van der Waals surface area (Å²) in [5, 5.41) is 10.9. The smallest absolute Gasteiger partial charge is 0.273 e. The van der Waals surface area contributed by atoms with Gasteiger partial charge in [0.15, 0.2) is 14.7 Å². The van der Waals surface area contributed by atoms with Gasteiger partial charge < -0.3 is 9.67 Å². The average molecular weight is 375 g/mol. The molecule has 0 atom stereocenters. The Balaban J connectivity index is 2.27. The van der Waals surface area contributed by atoms with E-state index in [1.54, 1.807) is 42.5 Å². The second-order valence-corrected chi connectivity index (χ2v) is 8.48. The molecule has 1 aromatic heterocycles. The molecule has 0 spiro atoms. The number of hydrogen-bond acceptors (Lipinski definition) is 5. The van der Waals surface area contributed by atoms with E-state index in [0.717, 1.165) is 4.90 Å². The van der Waals surface area contributed by atoms with Crippen molar-refractivity contribution in [3.63, 3.8) is 0 Å². The first kappa shape index (κ1) is 17.6. The summed E-state index contributed by atoms with van der Waals surface area (Å²) in [6.07, 6.45) is 1.88. The molecule has 0 radical (unpaired) electrons. The van der Waals surface area contributed by atoms with E-state index in [-0.39, 0.29) is 5.75 Å². The van der Waals surface area contributed by atoms with Crippen molar-refractivity contribution in [1.82, 2.24) is 4.57 Å². The number of pyridine rings is 1. The Hall–Kier alpha value is -2.25. The van der Waals surface area contributed by atoms with Crippen LogP contribution in [0.25, 0.3) is 10.9 Å². The zero-order valence-corrected chi connectivity index (χ0v) is 15.4. The number of aromatic nitrogens is 1. The highest BCUT2D eigenvalue weighted by molar-refractivity contribution is 7.98. The lowest BCUT2D eigenvalue weighted by Crippen LogP contribution is -2.25. The minimum absolute atomic E-state index is 0.343. The van der Waals surface area contributed by atoms with Gasteiger partial charge in [-0.1, -0.05) is 30.3 Å². The molecule has 5 nitrogen and oxygen atoms in total. The van der Waals surface area contributed by atoms with Crippen molar-refractivity contribution in [1.29, 1.82) is 0 Å². The number of hydrogen-bond donors (Lipinski definition) is 1. The molecule has 0 unspecified atom stereocenters. The van der Waals surface area contributed by atoms with Gasteiger partial charge in [-0.2, -0.15) is 0 Å². The first-order chi connectivity index (χ1) is 11.8. The summed E-state index contributed by atoms with van der Waals surface area (Å²) in [5.41, 5.74) is 0.318. The fraction of sp³-hybridized carbons (Fsp3) is 0.167. The third kappa shape index (κ3) is 3.17. The van der Waals surface area contributed by atoms with Gasteiger partial charge in [0, 0.05) is 17.3 Å². The molecule has 0 aliphatic rings. The van der Waals surface area contributed by atoms with E-state index in [1.165, 1.54) is 23.4 Å². The molecule has 0 aliphatic carbocycles. The van der Waals surface area contributed by atoms with Gasteiger partial charge in [0.25, 0.3) is 5.56 Å². The third-order valence-electron chi connectivity index (χ3n) is 4.04. The van der Waals surface area contributed by atoms with Crippen LogP contribution in [0.2, 0.25) is 0 Å². The molecule has 0 amide bonds. The van der Waals surface area contributed by atoms with E-state index in [0.29, 0.717) is 16.5 Å². The first-order valence-electron chi connectivity index (χ1n) is 7.51. The molecule has 7 heteroatoms. The number of sulfone groups is 1. The SMILES string of the molecule is CSc1ccc2c(c1)c(O)c(S(=O)(=O)Cc1ccccc1)c(=O)n2C. The fourth-order valence-electron chi connectivity index (χ4n) is 2.76. The molecule has 0 saturated carbocycles. The lowest BCUT2D eigenvalue weighted by molar-refractivity contribution is 0.460. The summed E-state index contributed by atoms with van der Waals surface area (Å²) < 4.78 is 26.9. The second-order valence-electron chi connectivity index (χ2n) is 5.67. The largest absolute Gasteiger partial charge is 0.506 e. The lowest BCUT2D eigenvalue weighted by atomic mass is 10.2. The van der Waals surface area contributed by atoms with E-state index < -0.39 is 26.0 Å². The van der Waals surface area contributed by atoms with Crippen LogP contribution in [-0.4, -0.2) is 24.3 Å². The predicted octanol–water partition coefficient (Wildman–Crippen LogP) is 2.94. The number of aryl methyl sites for hydroxylation is 1. The molecule has 3 rings (SSSR count). The average Bonchev–Trinajstić information content (AvgIpc) is 2.59. The normalized spacial score (nSPS) is 11.8. The van der Waals surface area contributed by atoms with Crippen molar-refractivity contribution in [3.8, 4) is 5.75 Å². The van der Waals surface area contributed by atoms with Crippen LogP contribution in [-0.2, 0) is 22.6 Å². The molecule has 1 N–H and O–H groups in total. The summed E-state index contributed by atoms with van der Waals surface area (Å²) in [6.45, 7) is 0. The molecule has 1 heterocycles. The van der Waals surface area contributed by atoms with E-state index in [2.05, 4.69) is 0 Å². The maximum absolute atomic E-state index is 12.8. The van der Waals surface area contributed by atoms with Crippen LogP contribution in [0.15, 0.2) is 63.1 Å². The van der Waals surface area contributed by atoms with Crippen molar-refractivity contribution in [2.24, 2.45) is 7.05 Å². The molecule has 0 bridgehead atoms. The van der Waals surface area contributed by atoms with Crippen LogP contribution in [0.1, 0.15) is 5.56 Å². The fourth-order valence-corrected chi connectivity index (χ4v) is 4.78. The molecule has 2 aromatic carbocycles. The van der Waals surface area contributed by atoms with E-state index >= 15 is 0 Å². The molecular formula is C18H17NO4S2. The molecule has 25 heavy (non-hydrogen) atoms. The maximum Gasteiger partial charge on any atom is 0.273 e. The number of thioether (sulfide) groups is 1. The molecule has 0 aliphatic heterocycles. The Morgan fingerprint density at radius 1 is 1.12 bits per heavy atom. The Morgan fingerprint density at radius 3 is 2.44 bits per heavy atom. The van der Waals surface area contributed by atoms with E-state index in [4.69, 9.17) is 0 Å². The van der Waals surface area contributed by atoms with Crippen molar-refractivity contribution < 1.29 is 13.5 Å². The first-order valence-corrected chi connectivity index (χ1v) is 10.4. The van der Waals surface area contributed by atoms with Gasteiger partial charge >= 0.3 is 0 Å². The number of fused-ring (bicyclic) bond motifs is 1. The van der Waals surface area contributed by atoms with Crippen LogP contribution < -0.4 is 5.56 Å². The summed E-state index contributed by atoms with van der Waals surface area (Å²) in [7, 11) is -2.49. The highest BCUT2D eigenvalue weighted by Gasteiger charge is 2.27. The van der Waals surface area contributed by atoms with Gasteiger partial charge in [-0.15, -0.1) is 11.8 Å². The van der Waals surface area contributed by atoms with Crippen molar-refractivity contribution in [2.75, 3.05) is 6.26 Å². The Labute approximate surface area is 149 Å². The molecule has 130 valence electrons. The summed E-state index contributed by atoms with van der Waals surface area (Å²) in [5.74, 6) is -0.824. The summed E-state index contributed by atoms with van der Waals surface area (Å²) in [4.78, 5) is 12.9. The molecule has 0 fully saturated rings. The van der Waals surface area contributed by atoms with Gasteiger partial charge in [0.2, 0.25) is 0 Å². The van der Waals surface area contributed by atoms with Crippen molar-refractivity contribution in [2.45, 2.75) is 15.5 Å². The summed E-state index contributed by atoms with van der Waals surface area (Å²) in [6, 6.07) is 13.8. The van der Waals surface area contributed by atoms with Crippen LogP contribution in [0, 0.1) is 0 Å². The van der Waals surface area contributed by atoms with Gasteiger partial charge in [-0.3, -0.25) is 4.79 Å². The highest BCUT2D eigenvalue weighted by atomic mass is 32.2. The predicted molar refractivity (Wildman–Crippen MR) is 100.0 cm³/mol.